The van der Waals surface area contributed by atoms with Crippen molar-refractivity contribution >= 4 is 29.1 Å². The molecule has 1 N–H and O–H groups in total. The average molecular weight is 397 g/mol. The molecule has 29 heavy (non-hydrogen) atoms. The molecule has 0 bridgehead atoms. The van der Waals surface area contributed by atoms with Crippen LogP contribution in [-0.2, 0) is 14.4 Å². The van der Waals surface area contributed by atoms with E-state index in [-0.39, 0.29) is 43.8 Å². The summed E-state index contributed by atoms with van der Waals surface area (Å²) in [6.07, 6.45) is 0.104. The van der Waals surface area contributed by atoms with E-state index in [2.05, 4.69) is 5.32 Å². The molecule has 8 heteroatoms. The zero-order valence-corrected chi connectivity index (χ0v) is 16.4. The summed E-state index contributed by atoms with van der Waals surface area (Å²) in [5, 5.41) is 2.74. The molecule has 0 aromatic heterocycles. The van der Waals surface area contributed by atoms with E-state index in [0.29, 0.717) is 22.9 Å². The summed E-state index contributed by atoms with van der Waals surface area (Å²) in [6, 6.07) is 14.1. The van der Waals surface area contributed by atoms with Gasteiger partial charge in [-0.25, -0.2) is 0 Å². The van der Waals surface area contributed by atoms with Crippen LogP contribution < -0.4 is 19.7 Å². The standard InChI is InChI=1S/C21H23N3O5/c1-23(13-19(25)22-15-7-9-16(28-2)10-8-15)20(26)11-12-24-17-5-3-4-6-18(17)29-14-21(24)27/h3-10H,11-14H2,1-2H3,(H,22,25). The third-order valence-electron chi connectivity index (χ3n) is 4.54. The number of benzene rings is 2. The van der Waals surface area contributed by atoms with Crippen molar-refractivity contribution in [2.75, 3.05) is 44.1 Å². The molecule has 0 fully saturated rings. The van der Waals surface area contributed by atoms with Crippen LogP contribution in [0.15, 0.2) is 48.5 Å². The molecule has 1 heterocycles. The Morgan fingerprint density at radius 3 is 2.62 bits per heavy atom. The summed E-state index contributed by atoms with van der Waals surface area (Å²) in [4.78, 5) is 39.7. The highest BCUT2D eigenvalue weighted by atomic mass is 16.5. The number of nitrogens with one attached hydrogen (secondary N) is 1. The predicted molar refractivity (Wildman–Crippen MR) is 108 cm³/mol. The van der Waals surface area contributed by atoms with Crippen LogP contribution in [0.2, 0.25) is 0 Å². The van der Waals surface area contributed by atoms with E-state index in [1.165, 1.54) is 4.90 Å². The van der Waals surface area contributed by atoms with Gasteiger partial charge in [-0.2, -0.15) is 0 Å². The summed E-state index contributed by atoms with van der Waals surface area (Å²) in [5.41, 5.74) is 1.27. The first-order valence-electron chi connectivity index (χ1n) is 9.18. The number of likely N-dealkylation sites (N-methyl/N-ethyl adjacent to an activating group) is 1. The quantitative estimate of drug-likeness (QED) is 0.771. The predicted octanol–water partition coefficient (Wildman–Crippen LogP) is 1.91. The fourth-order valence-electron chi connectivity index (χ4n) is 2.98. The van der Waals surface area contributed by atoms with E-state index in [4.69, 9.17) is 9.47 Å². The Labute approximate surface area is 169 Å². The van der Waals surface area contributed by atoms with Crippen LogP contribution in [-0.4, -0.2) is 56.5 Å². The molecule has 1 aliphatic rings. The number of para-hydroxylation sites is 2. The second-order valence-corrected chi connectivity index (χ2v) is 6.58. The second kappa shape index (κ2) is 9.09. The van der Waals surface area contributed by atoms with Crippen molar-refractivity contribution in [1.82, 2.24) is 4.90 Å². The van der Waals surface area contributed by atoms with Crippen molar-refractivity contribution < 1.29 is 23.9 Å². The van der Waals surface area contributed by atoms with Crippen LogP contribution in [0.4, 0.5) is 11.4 Å². The first-order valence-corrected chi connectivity index (χ1v) is 9.18. The Kier molecular flexibility index (Phi) is 6.33. The van der Waals surface area contributed by atoms with Crippen LogP contribution in [0.1, 0.15) is 6.42 Å². The maximum atomic E-state index is 12.4. The average Bonchev–Trinajstić information content (AvgIpc) is 2.73. The van der Waals surface area contributed by atoms with Crippen LogP contribution in [0.3, 0.4) is 0 Å². The van der Waals surface area contributed by atoms with Crippen molar-refractivity contribution in [3.05, 3.63) is 48.5 Å². The van der Waals surface area contributed by atoms with Crippen LogP contribution in [0.25, 0.3) is 0 Å². The van der Waals surface area contributed by atoms with E-state index in [9.17, 15) is 14.4 Å². The van der Waals surface area contributed by atoms with Crippen molar-refractivity contribution in [1.29, 1.82) is 0 Å². The van der Waals surface area contributed by atoms with Gasteiger partial charge in [0.25, 0.3) is 5.91 Å². The molecule has 0 radical (unpaired) electrons. The number of hydrogen-bond acceptors (Lipinski definition) is 5. The van der Waals surface area contributed by atoms with Gasteiger partial charge in [-0.15, -0.1) is 0 Å². The SMILES string of the molecule is COc1ccc(NC(=O)CN(C)C(=O)CCN2C(=O)COc3ccccc32)cc1. The van der Waals surface area contributed by atoms with Crippen molar-refractivity contribution in [2.24, 2.45) is 0 Å². The third-order valence-corrected chi connectivity index (χ3v) is 4.54. The molecule has 0 unspecified atom stereocenters. The van der Waals surface area contributed by atoms with Crippen molar-refractivity contribution in [3.8, 4) is 11.5 Å². The van der Waals surface area contributed by atoms with Gasteiger partial charge >= 0.3 is 0 Å². The molecule has 0 aliphatic carbocycles. The minimum absolute atomic E-state index is 0.0503. The minimum Gasteiger partial charge on any atom is -0.497 e. The summed E-state index contributed by atoms with van der Waals surface area (Å²) < 4.78 is 10.5. The van der Waals surface area contributed by atoms with Gasteiger partial charge in [0.2, 0.25) is 11.8 Å². The minimum atomic E-state index is -0.307. The van der Waals surface area contributed by atoms with Gasteiger partial charge in [-0.3, -0.25) is 14.4 Å². The second-order valence-electron chi connectivity index (χ2n) is 6.58. The van der Waals surface area contributed by atoms with Crippen LogP contribution in [0, 0.1) is 0 Å². The molecule has 1 aliphatic heterocycles. The Bertz CT molecular complexity index is 897. The summed E-state index contributed by atoms with van der Waals surface area (Å²) in [6.45, 7) is 0.0896. The van der Waals surface area contributed by atoms with Gasteiger partial charge in [0.1, 0.15) is 11.5 Å². The van der Waals surface area contributed by atoms with Crippen LogP contribution >= 0.6 is 0 Å². The van der Waals surface area contributed by atoms with Gasteiger partial charge in [0, 0.05) is 25.7 Å². The molecule has 3 rings (SSSR count). The highest BCUT2D eigenvalue weighted by Crippen LogP contribution is 2.31. The summed E-state index contributed by atoms with van der Waals surface area (Å²) >= 11 is 0. The highest BCUT2D eigenvalue weighted by Gasteiger charge is 2.26. The number of nitrogens with zero attached hydrogens (tertiary/aromatic N) is 2. The largest absolute Gasteiger partial charge is 0.497 e. The molecule has 0 saturated heterocycles. The number of fused-ring (bicyclic) bond motifs is 1. The number of methoxy groups -OCH3 is 1. The smallest absolute Gasteiger partial charge is 0.265 e. The third kappa shape index (κ3) is 5.04. The maximum Gasteiger partial charge on any atom is 0.265 e. The Balaban J connectivity index is 1.51. The molecular formula is C21H23N3O5. The lowest BCUT2D eigenvalue weighted by atomic mass is 10.2. The van der Waals surface area contributed by atoms with E-state index < -0.39 is 0 Å². The van der Waals surface area contributed by atoms with Gasteiger partial charge in [0.15, 0.2) is 6.61 Å². The van der Waals surface area contributed by atoms with E-state index in [1.807, 2.05) is 12.1 Å². The number of amides is 3. The van der Waals surface area contributed by atoms with E-state index in [0.717, 1.165) is 0 Å². The van der Waals surface area contributed by atoms with Gasteiger partial charge < -0.3 is 24.6 Å². The number of hydrogen-bond donors (Lipinski definition) is 1. The first-order chi connectivity index (χ1) is 14.0. The fourth-order valence-corrected chi connectivity index (χ4v) is 2.98. The number of rotatable bonds is 7. The Morgan fingerprint density at radius 2 is 1.90 bits per heavy atom. The number of carbonyl (C=O) groups is 3. The van der Waals surface area contributed by atoms with E-state index in [1.54, 1.807) is 55.5 Å². The molecule has 2 aromatic carbocycles. The topological polar surface area (TPSA) is 88.2 Å². The normalized spacial score (nSPS) is 12.6. The lowest BCUT2D eigenvalue weighted by Crippen LogP contribution is -2.42. The zero-order valence-electron chi connectivity index (χ0n) is 16.4. The highest BCUT2D eigenvalue weighted by molar-refractivity contribution is 5.98. The lowest BCUT2D eigenvalue weighted by Gasteiger charge is -2.29. The summed E-state index contributed by atoms with van der Waals surface area (Å²) in [7, 11) is 3.13. The number of anilines is 2. The van der Waals surface area contributed by atoms with E-state index >= 15 is 0 Å². The van der Waals surface area contributed by atoms with Gasteiger partial charge in [0.05, 0.1) is 19.3 Å². The fraction of sp³-hybridized carbons (Fsp3) is 0.286. The Hall–Kier alpha value is -3.55. The van der Waals surface area contributed by atoms with Crippen molar-refractivity contribution in [2.45, 2.75) is 6.42 Å². The van der Waals surface area contributed by atoms with Gasteiger partial charge in [-0.1, -0.05) is 12.1 Å². The molecular weight excluding hydrogens is 374 g/mol. The van der Waals surface area contributed by atoms with Crippen LogP contribution in [0.5, 0.6) is 11.5 Å². The molecule has 152 valence electrons. The Morgan fingerprint density at radius 1 is 1.17 bits per heavy atom. The van der Waals surface area contributed by atoms with Gasteiger partial charge in [-0.05, 0) is 36.4 Å². The first kappa shape index (κ1) is 20.2. The number of ether oxygens (including phenoxy) is 2. The van der Waals surface area contributed by atoms with Crippen molar-refractivity contribution in [3.63, 3.8) is 0 Å². The number of carbonyl (C=O) groups excluding carboxylic acids is 3. The molecule has 0 spiro atoms. The zero-order chi connectivity index (χ0) is 20.8. The lowest BCUT2D eigenvalue weighted by molar-refractivity contribution is -0.133. The molecule has 8 nitrogen and oxygen atoms in total. The molecule has 0 saturated carbocycles. The molecule has 0 atom stereocenters. The maximum absolute atomic E-state index is 12.4. The molecule has 3 amide bonds. The molecule has 2 aromatic rings. The monoisotopic (exact) mass is 397 g/mol. The summed E-state index contributed by atoms with van der Waals surface area (Å²) in [5.74, 6) is 0.572.